The fourth-order valence-electron chi connectivity index (χ4n) is 2.51. The van der Waals surface area contributed by atoms with E-state index < -0.39 is 9.84 Å². The van der Waals surface area contributed by atoms with E-state index in [4.69, 9.17) is 0 Å². The standard InChI is InChI=1S/C15H20N6O2S/c1-21(2)13-5-3-11(4-6-13)17-14-9-16-20-15(19-14)18-12-7-8-24(22,23)10-12/h3-6,9,12H,7-8,10H2,1-2H3,(H2,17,18,19,20). The van der Waals surface area contributed by atoms with E-state index in [9.17, 15) is 8.42 Å². The van der Waals surface area contributed by atoms with Crippen LogP contribution in [-0.2, 0) is 9.84 Å². The van der Waals surface area contributed by atoms with Gasteiger partial charge < -0.3 is 15.5 Å². The second kappa shape index (κ2) is 6.60. The Morgan fingerprint density at radius 2 is 1.96 bits per heavy atom. The van der Waals surface area contributed by atoms with Gasteiger partial charge in [0.2, 0.25) is 5.95 Å². The molecule has 3 rings (SSSR count). The van der Waals surface area contributed by atoms with Gasteiger partial charge in [0.1, 0.15) is 0 Å². The second-order valence-corrected chi connectivity index (χ2v) is 8.20. The molecule has 8 nitrogen and oxygen atoms in total. The first-order valence-corrected chi connectivity index (χ1v) is 9.44. The quantitative estimate of drug-likeness (QED) is 0.833. The van der Waals surface area contributed by atoms with E-state index in [1.165, 1.54) is 6.20 Å². The van der Waals surface area contributed by atoms with Crippen molar-refractivity contribution in [1.29, 1.82) is 0 Å². The smallest absolute Gasteiger partial charge is 0.244 e. The fourth-order valence-corrected chi connectivity index (χ4v) is 4.18. The van der Waals surface area contributed by atoms with Crippen molar-refractivity contribution in [3.05, 3.63) is 30.5 Å². The Morgan fingerprint density at radius 1 is 1.21 bits per heavy atom. The molecule has 1 aromatic carbocycles. The summed E-state index contributed by atoms with van der Waals surface area (Å²) in [6.45, 7) is 0. The zero-order valence-electron chi connectivity index (χ0n) is 13.6. The van der Waals surface area contributed by atoms with Gasteiger partial charge in [0, 0.05) is 31.5 Å². The van der Waals surface area contributed by atoms with Crippen LogP contribution in [0.3, 0.4) is 0 Å². The minimum absolute atomic E-state index is 0.111. The summed E-state index contributed by atoms with van der Waals surface area (Å²) in [5.74, 6) is 1.19. The molecule has 0 amide bonds. The van der Waals surface area contributed by atoms with Crippen molar-refractivity contribution in [1.82, 2.24) is 15.2 Å². The number of anilines is 4. The number of nitrogens with zero attached hydrogens (tertiary/aromatic N) is 4. The van der Waals surface area contributed by atoms with Gasteiger partial charge in [0.05, 0.1) is 17.7 Å². The summed E-state index contributed by atoms with van der Waals surface area (Å²) in [5.41, 5.74) is 1.99. The van der Waals surface area contributed by atoms with Crippen LogP contribution in [0.25, 0.3) is 0 Å². The molecule has 2 N–H and O–H groups in total. The van der Waals surface area contributed by atoms with Crippen molar-refractivity contribution < 1.29 is 8.42 Å². The molecule has 1 saturated heterocycles. The van der Waals surface area contributed by atoms with Crippen LogP contribution in [0.15, 0.2) is 30.5 Å². The van der Waals surface area contributed by atoms with E-state index in [1.54, 1.807) is 0 Å². The Bertz CT molecular complexity index is 807. The lowest BCUT2D eigenvalue weighted by atomic mass is 10.2. The molecule has 0 saturated carbocycles. The monoisotopic (exact) mass is 348 g/mol. The minimum Gasteiger partial charge on any atom is -0.378 e. The second-order valence-electron chi connectivity index (χ2n) is 5.98. The highest BCUT2D eigenvalue weighted by molar-refractivity contribution is 7.91. The molecular weight excluding hydrogens is 328 g/mol. The van der Waals surface area contributed by atoms with Crippen LogP contribution in [0.5, 0.6) is 0 Å². The molecule has 0 bridgehead atoms. The maximum Gasteiger partial charge on any atom is 0.244 e. The maximum atomic E-state index is 11.5. The Morgan fingerprint density at radius 3 is 2.58 bits per heavy atom. The summed E-state index contributed by atoms with van der Waals surface area (Å²) < 4.78 is 23.0. The highest BCUT2D eigenvalue weighted by Gasteiger charge is 2.28. The van der Waals surface area contributed by atoms with Crippen LogP contribution >= 0.6 is 0 Å². The van der Waals surface area contributed by atoms with Crippen molar-refractivity contribution in [3.63, 3.8) is 0 Å². The van der Waals surface area contributed by atoms with Crippen LogP contribution in [0, 0.1) is 0 Å². The molecule has 24 heavy (non-hydrogen) atoms. The predicted molar refractivity (Wildman–Crippen MR) is 94.6 cm³/mol. The van der Waals surface area contributed by atoms with E-state index >= 15 is 0 Å². The molecule has 0 aliphatic carbocycles. The summed E-state index contributed by atoms with van der Waals surface area (Å²) in [6.07, 6.45) is 2.09. The Kier molecular flexibility index (Phi) is 4.52. The normalized spacial score (nSPS) is 19.0. The van der Waals surface area contributed by atoms with Gasteiger partial charge in [0.15, 0.2) is 15.7 Å². The Labute approximate surface area is 141 Å². The number of sulfone groups is 1. The van der Waals surface area contributed by atoms with Crippen molar-refractivity contribution in [2.75, 3.05) is 41.1 Å². The fraction of sp³-hybridized carbons (Fsp3) is 0.400. The first-order chi connectivity index (χ1) is 11.4. The predicted octanol–water partition coefficient (Wildman–Crippen LogP) is 1.28. The molecular formula is C15H20N6O2S. The van der Waals surface area contributed by atoms with Gasteiger partial charge in [-0.05, 0) is 30.7 Å². The third-order valence-electron chi connectivity index (χ3n) is 3.78. The highest BCUT2D eigenvalue weighted by atomic mass is 32.2. The van der Waals surface area contributed by atoms with Gasteiger partial charge in [0.25, 0.3) is 0 Å². The van der Waals surface area contributed by atoms with Crippen LogP contribution in [-0.4, -0.2) is 55.2 Å². The van der Waals surface area contributed by atoms with Crippen LogP contribution in [0.4, 0.5) is 23.1 Å². The summed E-state index contributed by atoms with van der Waals surface area (Å²) in [4.78, 5) is 6.36. The van der Waals surface area contributed by atoms with Crippen molar-refractivity contribution in [3.8, 4) is 0 Å². The molecule has 9 heteroatoms. The van der Waals surface area contributed by atoms with Gasteiger partial charge in [-0.1, -0.05) is 0 Å². The zero-order chi connectivity index (χ0) is 17.2. The van der Waals surface area contributed by atoms with E-state index in [-0.39, 0.29) is 17.5 Å². The molecule has 1 aliphatic rings. The van der Waals surface area contributed by atoms with Crippen molar-refractivity contribution in [2.24, 2.45) is 0 Å². The summed E-state index contributed by atoms with van der Waals surface area (Å²) in [5, 5.41) is 14.0. The Balaban J connectivity index is 1.67. The number of nitrogens with one attached hydrogen (secondary N) is 2. The molecule has 1 aromatic heterocycles. The largest absolute Gasteiger partial charge is 0.378 e. The molecule has 2 heterocycles. The third-order valence-corrected chi connectivity index (χ3v) is 5.55. The number of hydrogen-bond donors (Lipinski definition) is 2. The van der Waals surface area contributed by atoms with Gasteiger partial charge in [-0.2, -0.15) is 10.1 Å². The maximum absolute atomic E-state index is 11.5. The van der Waals surface area contributed by atoms with E-state index in [2.05, 4.69) is 25.8 Å². The molecule has 1 unspecified atom stereocenters. The lowest BCUT2D eigenvalue weighted by Crippen LogP contribution is -2.22. The summed E-state index contributed by atoms with van der Waals surface area (Å²) >= 11 is 0. The molecule has 1 atom stereocenters. The summed E-state index contributed by atoms with van der Waals surface area (Å²) in [7, 11) is 1.02. The van der Waals surface area contributed by atoms with Crippen LogP contribution < -0.4 is 15.5 Å². The third kappa shape index (κ3) is 4.10. The summed E-state index contributed by atoms with van der Waals surface area (Å²) in [6, 6.07) is 7.74. The number of benzene rings is 1. The van der Waals surface area contributed by atoms with E-state index in [0.29, 0.717) is 18.2 Å². The first-order valence-electron chi connectivity index (χ1n) is 7.62. The van der Waals surface area contributed by atoms with Crippen molar-refractivity contribution >= 4 is 33.0 Å². The first kappa shape index (κ1) is 16.4. The van der Waals surface area contributed by atoms with Crippen molar-refractivity contribution in [2.45, 2.75) is 12.5 Å². The van der Waals surface area contributed by atoms with Gasteiger partial charge in [-0.15, -0.1) is 5.10 Å². The van der Waals surface area contributed by atoms with E-state index in [1.807, 2.05) is 43.3 Å². The lowest BCUT2D eigenvalue weighted by molar-refractivity contribution is 0.602. The molecule has 128 valence electrons. The zero-order valence-corrected chi connectivity index (χ0v) is 14.4. The topological polar surface area (TPSA) is 100 Å². The number of rotatable bonds is 5. The number of aromatic nitrogens is 3. The van der Waals surface area contributed by atoms with Gasteiger partial charge in [-0.25, -0.2) is 8.42 Å². The van der Waals surface area contributed by atoms with Gasteiger partial charge >= 0.3 is 0 Å². The van der Waals surface area contributed by atoms with Crippen LogP contribution in [0.1, 0.15) is 6.42 Å². The Hall–Kier alpha value is -2.42. The minimum atomic E-state index is -2.94. The SMILES string of the molecule is CN(C)c1ccc(Nc2cnnc(NC3CCS(=O)(=O)C3)n2)cc1. The molecule has 2 aromatic rings. The van der Waals surface area contributed by atoms with E-state index in [0.717, 1.165) is 11.4 Å². The molecule has 0 radical (unpaired) electrons. The lowest BCUT2D eigenvalue weighted by Gasteiger charge is -2.13. The van der Waals surface area contributed by atoms with Crippen LogP contribution in [0.2, 0.25) is 0 Å². The molecule has 1 aliphatic heterocycles. The molecule has 0 spiro atoms. The molecule has 1 fully saturated rings. The average Bonchev–Trinajstić information content (AvgIpc) is 2.87. The van der Waals surface area contributed by atoms with Gasteiger partial charge in [-0.3, -0.25) is 0 Å². The highest BCUT2D eigenvalue weighted by Crippen LogP contribution is 2.20. The average molecular weight is 348 g/mol. The number of hydrogen-bond acceptors (Lipinski definition) is 8.